The van der Waals surface area contributed by atoms with E-state index in [-0.39, 0.29) is 49.7 Å². The van der Waals surface area contributed by atoms with Crippen LogP contribution >= 0.6 is 0 Å². The van der Waals surface area contributed by atoms with Gasteiger partial charge in [-0.25, -0.2) is 0 Å². The lowest BCUT2D eigenvalue weighted by Crippen LogP contribution is -2.81. The first-order valence-corrected chi connectivity index (χ1v) is 11.5. The lowest BCUT2D eigenvalue weighted by molar-refractivity contribution is -0.232. The summed E-state index contributed by atoms with van der Waals surface area (Å²) in [5, 5.41) is 50.9. The van der Waals surface area contributed by atoms with Crippen LogP contribution in [0.25, 0.3) is 0 Å². The van der Waals surface area contributed by atoms with Gasteiger partial charge in [0, 0.05) is 24.9 Å². The van der Waals surface area contributed by atoms with Gasteiger partial charge in [-0.1, -0.05) is 19.1 Å². The zero-order valence-corrected chi connectivity index (χ0v) is 19.1. The molecule has 0 aromatic heterocycles. The Morgan fingerprint density at radius 1 is 1.20 bits per heavy atom. The van der Waals surface area contributed by atoms with E-state index in [2.05, 4.69) is 21.3 Å². The number of benzene rings is 1. The number of amides is 3. The van der Waals surface area contributed by atoms with Crippen LogP contribution in [0.15, 0.2) is 24.3 Å². The maximum Gasteiger partial charge on any atom is 0.251 e. The van der Waals surface area contributed by atoms with E-state index in [9.17, 15) is 24.6 Å². The molecule has 186 valence electrons. The summed E-state index contributed by atoms with van der Waals surface area (Å²) in [6.45, 7) is 1.72. The van der Waals surface area contributed by atoms with Crippen LogP contribution in [0.2, 0.25) is 0 Å². The number of carbonyl (C=O) groups is 3. The summed E-state index contributed by atoms with van der Waals surface area (Å²) < 4.78 is 0. The number of aliphatic hydroxyl groups is 2. The highest BCUT2D eigenvalue weighted by molar-refractivity contribution is 6.02. The van der Waals surface area contributed by atoms with Crippen molar-refractivity contribution in [2.45, 2.75) is 55.8 Å². The Labute approximate surface area is 200 Å². The number of nitrogens with one attached hydrogen (secondary N) is 6. The van der Waals surface area contributed by atoms with Gasteiger partial charge in [0.2, 0.25) is 17.6 Å². The fourth-order valence-corrected chi connectivity index (χ4v) is 5.53. The lowest BCUT2D eigenvalue weighted by atomic mass is 9.84. The van der Waals surface area contributed by atoms with Crippen LogP contribution in [0.5, 0.6) is 0 Å². The third kappa shape index (κ3) is 3.33. The number of likely N-dealkylation sites (tertiary alicyclic amines) is 1. The normalized spacial score (nSPS) is 31.0. The number of hydrogen-bond donors (Lipinski definition) is 8. The number of rotatable bonds is 5. The van der Waals surface area contributed by atoms with Crippen molar-refractivity contribution < 1.29 is 24.6 Å². The van der Waals surface area contributed by atoms with Crippen molar-refractivity contribution in [3.05, 3.63) is 35.4 Å². The minimum absolute atomic E-state index is 0.101. The highest BCUT2D eigenvalue weighted by Crippen LogP contribution is 2.43. The first kappa shape index (κ1) is 23.1. The predicted octanol–water partition coefficient (Wildman–Crippen LogP) is -2.41. The molecule has 35 heavy (non-hydrogen) atoms. The molecule has 13 nitrogen and oxygen atoms in total. The highest BCUT2D eigenvalue weighted by atomic mass is 16.5. The first-order chi connectivity index (χ1) is 16.6. The topological polar surface area (TPSA) is 194 Å². The van der Waals surface area contributed by atoms with Gasteiger partial charge in [-0.15, -0.1) is 0 Å². The lowest BCUT2D eigenvalue weighted by Gasteiger charge is -2.51. The molecular formula is C22H28N8O5. The van der Waals surface area contributed by atoms with Crippen LogP contribution in [0.3, 0.4) is 0 Å². The predicted molar refractivity (Wildman–Crippen MR) is 122 cm³/mol. The third-order valence-corrected chi connectivity index (χ3v) is 7.33. The quantitative estimate of drug-likeness (QED) is 0.166. The van der Waals surface area contributed by atoms with E-state index in [1.165, 1.54) is 4.90 Å². The summed E-state index contributed by atoms with van der Waals surface area (Å²) in [7, 11) is 0. The van der Waals surface area contributed by atoms with Crippen molar-refractivity contribution in [2.75, 3.05) is 13.1 Å². The number of carbonyl (C=O) groups excluding carboxylic acids is 3. The minimum atomic E-state index is -2.63. The molecule has 4 atom stereocenters. The number of guanidine groups is 2. The van der Waals surface area contributed by atoms with Crippen molar-refractivity contribution >= 4 is 29.6 Å². The maximum absolute atomic E-state index is 13.0. The number of imide groups is 1. The van der Waals surface area contributed by atoms with Crippen molar-refractivity contribution in [1.82, 2.24) is 31.1 Å². The molecule has 1 unspecified atom stereocenters. The fraction of sp³-hybridized carbons (Fsp3) is 0.500. The van der Waals surface area contributed by atoms with Gasteiger partial charge >= 0.3 is 0 Å². The number of nitrogens with zero attached hydrogens (tertiary/aromatic N) is 2. The zero-order valence-electron chi connectivity index (χ0n) is 19.1. The van der Waals surface area contributed by atoms with E-state index in [4.69, 9.17) is 10.8 Å². The molecule has 0 bridgehead atoms. The average Bonchev–Trinajstić information content (AvgIpc) is 3.42. The smallest absolute Gasteiger partial charge is 0.251 e. The number of aryl methyl sites for hydroxylation is 1. The molecule has 1 aromatic rings. The first-order valence-electron chi connectivity index (χ1n) is 11.5. The van der Waals surface area contributed by atoms with Crippen LogP contribution in [0, 0.1) is 10.8 Å². The molecule has 5 rings (SSSR count). The summed E-state index contributed by atoms with van der Waals surface area (Å²) in [5.74, 6) is -4.22. The fourth-order valence-electron chi connectivity index (χ4n) is 5.53. The van der Waals surface area contributed by atoms with Crippen LogP contribution in [-0.4, -0.2) is 92.3 Å². The molecule has 4 saturated heterocycles. The Balaban J connectivity index is 1.45. The van der Waals surface area contributed by atoms with Gasteiger partial charge in [0.25, 0.3) is 5.91 Å². The maximum atomic E-state index is 13.0. The SMILES string of the molecule is CCc1cccc(C(=O)NC2CN3C(=N)N[C@@H](CN4C(=O)CCC4=O)[C@@H]4NC(=N)N[C@@]43C2(O)O)c1. The van der Waals surface area contributed by atoms with Gasteiger partial charge in [-0.2, -0.15) is 0 Å². The van der Waals surface area contributed by atoms with E-state index >= 15 is 0 Å². The molecule has 4 fully saturated rings. The van der Waals surface area contributed by atoms with Gasteiger partial charge in [0.15, 0.2) is 17.6 Å². The molecule has 4 aliphatic heterocycles. The molecule has 4 heterocycles. The Morgan fingerprint density at radius 3 is 2.60 bits per heavy atom. The Kier molecular flexibility index (Phi) is 5.21. The van der Waals surface area contributed by atoms with Crippen molar-refractivity contribution in [2.24, 2.45) is 0 Å². The Hall–Kier alpha value is -3.71. The molecule has 3 amide bonds. The van der Waals surface area contributed by atoms with Crippen LogP contribution in [-0.2, 0) is 16.0 Å². The summed E-state index contributed by atoms with van der Waals surface area (Å²) >= 11 is 0. The molecule has 0 radical (unpaired) electrons. The summed E-state index contributed by atoms with van der Waals surface area (Å²) in [6, 6.07) is 4.05. The molecule has 1 aromatic carbocycles. The van der Waals surface area contributed by atoms with Crippen molar-refractivity contribution in [3.63, 3.8) is 0 Å². The average molecular weight is 485 g/mol. The van der Waals surface area contributed by atoms with E-state index in [0.29, 0.717) is 5.56 Å². The van der Waals surface area contributed by atoms with Crippen LogP contribution in [0.1, 0.15) is 35.7 Å². The third-order valence-electron chi connectivity index (χ3n) is 7.33. The van der Waals surface area contributed by atoms with Gasteiger partial charge < -0.3 is 36.4 Å². The Bertz CT molecular complexity index is 1120. The number of hydrogen-bond acceptors (Lipinski definition) is 7. The van der Waals surface area contributed by atoms with Gasteiger partial charge in [-0.05, 0) is 24.1 Å². The largest absolute Gasteiger partial charge is 0.361 e. The van der Waals surface area contributed by atoms with E-state index in [1.54, 1.807) is 18.2 Å². The molecular weight excluding hydrogens is 456 g/mol. The second kappa shape index (κ2) is 7.92. The standard InChI is InChI=1S/C22H28N8O5/c1-2-11-4-3-5-12(8-11)18(33)26-14-10-30-20(24)25-13(9-29-15(31)6-7-16(29)32)17-21(30,22(14,34)35)28-19(23)27-17/h3-5,8,13-14,17,34-35H,2,6-7,9-10H2,1H3,(H2,24,25)(H,26,33)(H3,23,27,28)/t13-,14?,17-,21-/m0/s1. The van der Waals surface area contributed by atoms with E-state index in [1.807, 2.05) is 13.0 Å². The van der Waals surface area contributed by atoms with E-state index in [0.717, 1.165) is 16.9 Å². The van der Waals surface area contributed by atoms with Crippen LogP contribution in [0.4, 0.5) is 0 Å². The second-order valence-corrected chi connectivity index (χ2v) is 9.30. The Morgan fingerprint density at radius 2 is 1.91 bits per heavy atom. The van der Waals surface area contributed by atoms with Gasteiger partial charge in [-0.3, -0.25) is 30.1 Å². The van der Waals surface area contributed by atoms with Gasteiger partial charge in [0.1, 0.15) is 6.04 Å². The monoisotopic (exact) mass is 484 g/mol. The zero-order chi connectivity index (χ0) is 25.1. The molecule has 0 saturated carbocycles. The van der Waals surface area contributed by atoms with E-state index < -0.39 is 35.5 Å². The molecule has 13 heteroatoms. The molecule has 0 aliphatic carbocycles. The van der Waals surface area contributed by atoms with Crippen molar-refractivity contribution in [3.8, 4) is 0 Å². The van der Waals surface area contributed by atoms with Gasteiger partial charge in [0.05, 0.1) is 18.6 Å². The summed E-state index contributed by atoms with van der Waals surface area (Å²) in [4.78, 5) is 39.8. The molecule has 8 N–H and O–H groups in total. The summed E-state index contributed by atoms with van der Waals surface area (Å²) in [5.41, 5.74) is -0.484. The minimum Gasteiger partial charge on any atom is -0.361 e. The molecule has 1 spiro atoms. The highest BCUT2D eigenvalue weighted by Gasteiger charge is 2.74. The van der Waals surface area contributed by atoms with Crippen molar-refractivity contribution in [1.29, 1.82) is 10.8 Å². The van der Waals surface area contributed by atoms with Crippen LogP contribution < -0.4 is 21.3 Å². The second-order valence-electron chi connectivity index (χ2n) is 9.30. The summed E-state index contributed by atoms with van der Waals surface area (Å²) in [6.07, 6.45) is 0.935. The molecule has 4 aliphatic rings.